The van der Waals surface area contributed by atoms with Gasteiger partial charge in [0.15, 0.2) is 5.75 Å². The van der Waals surface area contributed by atoms with E-state index in [0.717, 1.165) is 10.8 Å². The van der Waals surface area contributed by atoms with Crippen molar-refractivity contribution in [1.82, 2.24) is 0 Å². The number of rotatable bonds is 7. The number of hydrogen-bond acceptors (Lipinski definition) is 4. The molecule has 34 heavy (non-hydrogen) atoms. The largest absolute Gasteiger partial charge is 0.455 e. The first-order valence-corrected chi connectivity index (χ1v) is 12.6. The molecular weight excluding hydrogens is 472 g/mol. The minimum absolute atomic E-state index is 0.135. The zero-order chi connectivity index (χ0) is 23.7. The molecule has 1 aliphatic heterocycles. The van der Waals surface area contributed by atoms with Gasteiger partial charge >= 0.3 is 0 Å². The van der Waals surface area contributed by atoms with Crippen molar-refractivity contribution in [1.29, 1.82) is 0 Å². The fourth-order valence-corrected chi connectivity index (χ4v) is 6.02. The quantitative estimate of drug-likeness (QED) is 0.332. The number of benzene rings is 4. The highest BCUT2D eigenvalue weighted by molar-refractivity contribution is 7.93. The summed E-state index contributed by atoms with van der Waals surface area (Å²) < 4.78 is 33.4. The fourth-order valence-electron chi connectivity index (χ4n) is 4.10. The third-order valence-corrected chi connectivity index (χ3v) is 7.72. The molecule has 5 rings (SSSR count). The first-order valence-electron chi connectivity index (χ1n) is 10.8. The predicted molar refractivity (Wildman–Crippen MR) is 134 cm³/mol. The topological polar surface area (TPSA) is 75.7 Å². The number of ether oxygens (including phenoxy) is 1. The zero-order valence-electron chi connectivity index (χ0n) is 18.1. The summed E-state index contributed by atoms with van der Waals surface area (Å²) in [6.45, 7) is 0.201. The number of nitrogens with zero attached hydrogens (tertiary/aromatic N) is 1. The van der Waals surface area contributed by atoms with Gasteiger partial charge < -0.3 is 10.1 Å². The summed E-state index contributed by atoms with van der Waals surface area (Å²) >= 11 is 6.13. The summed E-state index contributed by atoms with van der Waals surface area (Å²) in [4.78, 5) is 13.0. The molecule has 0 fully saturated rings. The molecular formula is C26H21ClN2O4S. The number of carbonyl (C=O) groups excluding carboxylic acids is 1. The van der Waals surface area contributed by atoms with Gasteiger partial charge in [0.05, 0.1) is 16.3 Å². The van der Waals surface area contributed by atoms with Crippen molar-refractivity contribution in [3.8, 4) is 11.5 Å². The second-order valence-electron chi connectivity index (χ2n) is 7.92. The van der Waals surface area contributed by atoms with Crippen LogP contribution in [0.2, 0.25) is 5.02 Å². The summed E-state index contributed by atoms with van der Waals surface area (Å²) in [6.07, 6.45) is 0.487. The van der Waals surface area contributed by atoms with E-state index >= 15 is 0 Å². The van der Waals surface area contributed by atoms with Crippen LogP contribution < -0.4 is 14.4 Å². The number of anilines is 2. The summed E-state index contributed by atoms with van der Waals surface area (Å²) in [5.41, 5.74) is 1.11. The number of sulfonamides is 1. The standard InChI is InChI=1S/C26H21ClN2O4S/c27-19-14-15-23(33-20-9-2-1-3-10-20)21(17-19)28-25(30)13-6-16-29-22-11-4-7-18-8-5-12-24(26(18)22)34(29,31)32/h1-5,7-12,14-15,17H,6,13,16H2,(H,28,30). The number of para-hydroxylation sites is 1. The molecule has 0 unspecified atom stereocenters. The van der Waals surface area contributed by atoms with E-state index in [0.29, 0.717) is 39.2 Å². The van der Waals surface area contributed by atoms with E-state index in [4.69, 9.17) is 16.3 Å². The summed E-state index contributed by atoms with van der Waals surface area (Å²) in [5.74, 6) is 0.842. The lowest BCUT2D eigenvalue weighted by Gasteiger charge is -2.18. The van der Waals surface area contributed by atoms with E-state index < -0.39 is 10.0 Å². The number of nitrogens with one attached hydrogen (secondary N) is 1. The predicted octanol–water partition coefficient (Wildman–Crippen LogP) is 6.21. The Bertz CT molecular complexity index is 1480. The Morgan fingerprint density at radius 3 is 2.50 bits per heavy atom. The number of hydrogen-bond donors (Lipinski definition) is 1. The molecule has 172 valence electrons. The van der Waals surface area contributed by atoms with Crippen molar-refractivity contribution in [2.45, 2.75) is 17.7 Å². The lowest BCUT2D eigenvalue weighted by atomic mass is 10.1. The highest BCUT2D eigenvalue weighted by Gasteiger charge is 2.35. The maximum Gasteiger partial charge on any atom is 0.265 e. The third-order valence-electron chi connectivity index (χ3n) is 5.63. The Morgan fingerprint density at radius 1 is 0.941 bits per heavy atom. The lowest BCUT2D eigenvalue weighted by molar-refractivity contribution is -0.116. The normalized spacial score (nSPS) is 13.7. The molecule has 0 atom stereocenters. The third kappa shape index (κ3) is 4.20. The molecule has 0 saturated heterocycles. The van der Waals surface area contributed by atoms with E-state index in [1.54, 1.807) is 36.4 Å². The molecule has 0 radical (unpaired) electrons. The van der Waals surface area contributed by atoms with Crippen LogP contribution in [0.4, 0.5) is 11.4 Å². The molecule has 1 aliphatic rings. The van der Waals surface area contributed by atoms with Gasteiger partial charge in [-0.15, -0.1) is 0 Å². The van der Waals surface area contributed by atoms with Crippen LogP contribution in [-0.2, 0) is 14.8 Å². The van der Waals surface area contributed by atoms with Crippen LogP contribution in [0.5, 0.6) is 11.5 Å². The van der Waals surface area contributed by atoms with E-state index in [2.05, 4.69) is 5.32 Å². The van der Waals surface area contributed by atoms with Crippen molar-refractivity contribution < 1.29 is 17.9 Å². The minimum atomic E-state index is -3.64. The average molecular weight is 493 g/mol. The highest BCUT2D eigenvalue weighted by Crippen LogP contribution is 2.42. The van der Waals surface area contributed by atoms with Gasteiger partial charge in [-0.3, -0.25) is 9.10 Å². The molecule has 0 spiro atoms. The molecule has 6 nitrogen and oxygen atoms in total. The zero-order valence-corrected chi connectivity index (χ0v) is 19.6. The van der Waals surface area contributed by atoms with Crippen LogP contribution in [0.25, 0.3) is 10.8 Å². The van der Waals surface area contributed by atoms with E-state index in [1.807, 2.05) is 48.5 Å². The monoisotopic (exact) mass is 492 g/mol. The van der Waals surface area contributed by atoms with Crippen molar-refractivity contribution in [3.63, 3.8) is 0 Å². The fraction of sp³-hybridized carbons (Fsp3) is 0.115. The van der Waals surface area contributed by atoms with Crippen LogP contribution >= 0.6 is 11.6 Å². The molecule has 0 saturated carbocycles. The van der Waals surface area contributed by atoms with Gasteiger partial charge in [0.2, 0.25) is 5.91 Å². The molecule has 4 aromatic rings. The maximum absolute atomic E-state index is 13.1. The number of carbonyl (C=O) groups is 1. The molecule has 4 aromatic carbocycles. The molecule has 8 heteroatoms. The van der Waals surface area contributed by atoms with E-state index in [1.165, 1.54) is 4.31 Å². The summed E-state index contributed by atoms with van der Waals surface area (Å²) in [6, 6.07) is 25.0. The summed E-state index contributed by atoms with van der Waals surface area (Å²) in [5, 5.41) is 4.91. The van der Waals surface area contributed by atoms with Gasteiger partial charge in [0.25, 0.3) is 10.0 Å². The highest BCUT2D eigenvalue weighted by atomic mass is 35.5. The second-order valence-corrected chi connectivity index (χ2v) is 10.2. The Labute approximate surface area is 202 Å². The average Bonchev–Trinajstić information content (AvgIpc) is 3.05. The first-order chi connectivity index (χ1) is 16.4. The Hall–Kier alpha value is -3.55. The SMILES string of the molecule is O=C(CCCN1c2cccc3cccc(c23)S1(=O)=O)Nc1cc(Cl)ccc1Oc1ccccc1. The first kappa shape index (κ1) is 22.3. The number of halogens is 1. The van der Waals surface area contributed by atoms with Crippen LogP contribution in [-0.4, -0.2) is 20.9 Å². The smallest absolute Gasteiger partial charge is 0.265 e. The Morgan fingerprint density at radius 2 is 1.71 bits per heavy atom. The van der Waals surface area contributed by atoms with Gasteiger partial charge in [-0.2, -0.15) is 0 Å². The molecule has 0 aliphatic carbocycles. The van der Waals surface area contributed by atoms with E-state index in [9.17, 15) is 13.2 Å². The molecule has 0 aromatic heterocycles. The van der Waals surface area contributed by atoms with E-state index in [-0.39, 0.29) is 18.9 Å². The van der Waals surface area contributed by atoms with Gasteiger partial charge in [0, 0.05) is 23.4 Å². The van der Waals surface area contributed by atoms with Crippen molar-refractivity contribution >= 4 is 49.7 Å². The van der Waals surface area contributed by atoms with Crippen LogP contribution in [0.1, 0.15) is 12.8 Å². The van der Waals surface area contributed by atoms with Gasteiger partial charge in [0.1, 0.15) is 5.75 Å². The van der Waals surface area contributed by atoms with Crippen LogP contribution in [0.15, 0.2) is 89.8 Å². The number of amides is 1. The van der Waals surface area contributed by atoms with Crippen LogP contribution in [0.3, 0.4) is 0 Å². The van der Waals surface area contributed by atoms with Gasteiger partial charge in [-0.1, -0.05) is 54.1 Å². The molecule has 1 N–H and O–H groups in total. The van der Waals surface area contributed by atoms with Gasteiger partial charge in [-0.25, -0.2) is 8.42 Å². The molecule has 1 amide bonds. The Balaban J connectivity index is 1.27. The maximum atomic E-state index is 13.1. The minimum Gasteiger partial charge on any atom is -0.455 e. The van der Waals surface area contributed by atoms with Crippen molar-refractivity contribution in [2.24, 2.45) is 0 Å². The molecule has 1 heterocycles. The summed E-state index contributed by atoms with van der Waals surface area (Å²) in [7, 11) is -3.64. The molecule has 0 bridgehead atoms. The van der Waals surface area contributed by atoms with Gasteiger partial charge in [-0.05, 0) is 54.3 Å². The van der Waals surface area contributed by atoms with Crippen molar-refractivity contribution in [3.05, 3.63) is 90.0 Å². The lowest BCUT2D eigenvalue weighted by Crippen LogP contribution is -2.29. The Kier molecular flexibility index (Phi) is 5.89. The van der Waals surface area contributed by atoms with Crippen molar-refractivity contribution in [2.75, 3.05) is 16.2 Å². The van der Waals surface area contributed by atoms with Crippen LogP contribution in [0, 0.1) is 0 Å². The second kappa shape index (κ2) is 9.00.